The highest BCUT2D eigenvalue weighted by Gasteiger charge is 2.24. The molecule has 2 heterocycles. The Hall–Kier alpha value is -2.20. The molecule has 0 amide bonds. The van der Waals surface area contributed by atoms with Gasteiger partial charge in [0.2, 0.25) is 9.84 Å². The number of aromatic nitrogens is 3. The van der Waals surface area contributed by atoms with Gasteiger partial charge in [0, 0.05) is 31.2 Å². The van der Waals surface area contributed by atoms with Crippen LogP contribution in [0.3, 0.4) is 0 Å². The zero-order valence-electron chi connectivity index (χ0n) is 16.7. The van der Waals surface area contributed by atoms with E-state index in [4.69, 9.17) is 23.8 Å². The molecule has 1 aliphatic heterocycles. The van der Waals surface area contributed by atoms with Gasteiger partial charge < -0.3 is 9.80 Å². The van der Waals surface area contributed by atoms with Crippen LogP contribution in [0.1, 0.15) is 5.56 Å². The van der Waals surface area contributed by atoms with Crippen molar-refractivity contribution in [1.29, 1.82) is 0 Å². The number of likely N-dealkylation sites (N-methyl/N-ethyl adjacent to an activating group) is 1. The van der Waals surface area contributed by atoms with E-state index in [0.717, 1.165) is 43.1 Å². The predicted molar refractivity (Wildman–Crippen MR) is 120 cm³/mol. The van der Waals surface area contributed by atoms with Gasteiger partial charge in [-0.1, -0.05) is 11.6 Å². The fraction of sp³-hybridized carbons (Fsp3) is 0.300. The van der Waals surface area contributed by atoms with Crippen molar-refractivity contribution in [2.45, 2.75) is 16.7 Å². The number of halogens is 1. The molecule has 1 aromatic heterocycles. The molecule has 0 atom stereocenters. The third-order valence-electron chi connectivity index (χ3n) is 5.35. The number of aryl methyl sites for hydroxylation is 1. The lowest BCUT2D eigenvalue weighted by atomic mass is 10.2. The molecular weight excluding hydrogens is 442 g/mol. The number of piperazine rings is 1. The lowest BCUT2D eigenvalue weighted by molar-refractivity contribution is 0.312. The number of anilines is 1. The summed E-state index contributed by atoms with van der Waals surface area (Å²) in [7, 11) is -1.62. The average molecular weight is 464 g/mol. The maximum Gasteiger partial charge on any atom is 0.206 e. The van der Waals surface area contributed by atoms with Crippen LogP contribution in [-0.2, 0) is 9.84 Å². The smallest absolute Gasteiger partial charge is 0.206 e. The second-order valence-electron chi connectivity index (χ2n) is 7.39. The van der Waals surface area contributed by atoms with Crippen molar-refractivity contribution in [3.63, 3.8) is 0 Å². The lowest BCUT2D eigenvalue weighted by Gasteiger charge is -2.35. The molecule has 1 aliphatic rings. The topological polar surface area (TPSA) is 74.2 Å². The Kier molecular flexibility index (Phi) is 5.71. The normalized spacial score (nSPS) is 15.5. The SMILES string of the molecule is Cc1cc(S(=O)(=O)c2ccc(-n3cn[nH]c3=S)c(N3CCN(C)CC3)c2)ccc1Cl. The summed E-state index contributed by atoms with van der Waals surface area (Å²) in [5, 5.41) is 7.30. The van der Waals surface area contributed by atoms with E-state index in [0.29, 0.717) is 9.79 Å². The quantitative estimate of drug-likeness (QED) is 0.597. The summed E-state index contributed by atoms with van der Waals surface area (Å²) < 4.78 is 28.9. The van der Waals surface area contributed by atoms with Gasteiger partial charge in [-0.2, -0.15) is 5.10 Å². The van der Waals surface area contributed by atoms with Crippen LogP contribution in [0.4, 0.5) is 5.69 Å². The maximum absolute atomic E-state index is 13.3. The predicted octanol–water partition coefficient (Wildman–Crippen LogP) is 3.48. The zero-order chi connectivity index (χ0) is 21.5. The van der Waals surface area contributed by atoms with E-state index >= 15 is 0 Å². The van der Waals surface area contributed by atoms with Crippen molar-refractivity contribution in [3.05, 3.63) is 58.1 Å². The fourth-order valence-corrected chi connectivity index (χ4v) is 5.20. The van der Waals surface area contributed by atoms with Crippen LogP contribution in [0, 0.1) is 11.7 Å². The molecule has 0 spiro atoms. The first-order valence-corrected chi connectivity index (χ1v) is 11.8. The third kappa shape index (κ3) is 3.90. The Morgan fingerprint density at radius 2 is 1.70 bits per heavy atom. The molecule has 3 aromatic rings. The Morgan fingerprint density at radius 3 is 2.33 bits per heavy atom. The number of hydrogen-bond donors (Lipinski definition) is 1. The molecule has 0 bridgehead atoms. The second-order valence-corrected chi connectivity index (χ2v) is 10.1. The minimum atomic E-state index is -3.70. The fourth-order valence-electron chi connectivity index (χ4n) is 3.51. The largest absolute Gasteiger partial charge is 0.367 e. The summed E-state index contributed by atoms with van der Waals surface area (Å²) in [5.74, 6) is 0. The molecule has 1 N–H and O–H groups in total. The van der Waals surface area contributed by atoms with Crippen LogP contribution >= 0.6 is 23.8 Å². The van der Waals surface area contributed by atoms with Crippen LogP contribution in [0.15, 0.2) is 52.5 Å². The number of H-pyrrole nitrogens is 1. The Morgan fingerprint density at radius 1 is 1.03 bits per heavy atom. The highest BCUT2D eigenvalue weighted by atomic mass is 35.5. The summed E-state index contributed by atoms with van der Waals surface area (Å²) in [6.45, 7) is 5.16. The lowest BCUT2D eigenvalue weighted by Crippen LogP contribution is -2.44. The van der Waals surface area contributed by atoms with E-state index in [2.05, 4.69) is 27.0 Å². The molecule has 30 heavy (non-hydrogen) atoms. The van der Waals surface area contributed by atoms with Crippen LogP contribution in [0.2, 0.25) is 5.02 Å². The first kappa shape index (κ1) is 21.0. The van der Waals surface area contributed by atoms with E-state index in [1.165, 1.54) is 0 Å². The minimum Gasteiger partial charge on any atom is -0.367 e. The van der Waals surface area contributed by atoms with Crippen LogP contribution in [-0.4, -0.2) is 61.3 Å². The molecule has 7 nitrogen and oxygen atoms in total. The first-order chi connectivity index (χ1) is 14.3. The van der Waals surface area contributed by atoms with Crippen LogP contribution < -0.4 is 4.90 Å². The molecule has 0 radical (unpaired) electrons. The van der Waals surface area contributed by atoms with Gasteiger partial charge >= 0.3 is 0 Å². The molecule has 0 aliphatic carbocycles. The number of nitrogens with zero attached hydrogens (tertiary/aromatic N) is 4. The van der Waals surface area contributed by atoms with E-state index in [9.17, 15) is 8.42 Å². The van der Waals surface area contributed by atoms with Crippen molar-refractivity contribution in [2.24, 2.45) is 0 Å². The zero-order valence-corrected chi connectivity index (χ0v) is 19.1. The Bertz CT molecular complexity index is 1240. The van der Waals surface area contributed by atoms with Gasteiger partial charge in [0.15, 0.2) is 4.77 Å². The van der Waals surface area contributed by atoms with Crippen LogP contribution in [0.25, 0.3) is 5.69 Å². The number of sulfone groups is 1. The number of nitrogens with one attached hydrogen (secondary N) is 1. The number of hydrogen-bond acceptors (Lipinski definition) is 6. The number of aromatic amines is 1. The molecule has 4 rings (SSSR count). The van der Waals surface area contributed by atoms with E-state index in [-0.39, 0.29) is 9.79 Å². The molecule has 2 aromatic carbocycles. The first-order valence-electron chi connectivity index (χ1n) is 9.48. The van der Waals surface area contributed by atoms with Gasteiger partial charge in [-0.25, -0.2) is 8.42 Å². The molecule has 0 unspecified atom stereocenters. The molecule has 1 fully saturated rings. The third-order valence-corrected chi connectivity index (χ3v) is 7.81. The number of benzene rings is 2. The van der Waals surface area contributed by atoms with Gasteiger partial charge in [-0.3, -0.25) is 9.67 Å². The Balaban J connectivity index is 1.84. The summed E-state index contributed by atoms with van der Waals surface area (Å²) in [5.41, 5.74) is 2.33. The maximum atomic E-state index is 13.3. The highest BCUT2D eigenvalue weighted by molar-refractivity contribution is 7.91. The molecule has 158 valence electrons. The molecule has 10 heteroatoms. The molecule has 0 saturated carbocycles. The highest BCUT2D eigenvalue weighted by Crippen LogP contribution is 2.32. The summed E-state index contributed by atoms with van der Waals surface area (Å²) in [6, 6.07) is 9.89. The van der Waals surface area contributed by atoms with E-state index in [1.54, 1.807) is 54.2 Å². The average Bonchev–Trinajstić information content (AvgIpc) is 3.16. The second kappa shape index (κ2) is 8.14. The van der Waals surface area contributed by atoms with E-state index < -0.39 is 9.84 Å². The van der Waals surface area contributed by atoms with Crippen molar-refractivity contribution >= 4 is 39.3 Å². The Labute approximate surface area is 185 Å². The van der Waals surface area contributed by atoms with Crippen LogP contribution in [0.5, 0.6) is 0 Å². The summed E-state index contributed by atoms with van der Waals surface area (Å²) in [6.07, 6.45) is 1.61. The van der Waals surface area contributed by atoms with Gasteiger partial charge in [0.25, 0.3) is 0 Å². The van der Waals surface area contributed by atoms with Gasteiger partial charge in [0.1, 0.15) is 6.33 Å². The van der Waals surface area contributed by atoms with Gasteiger partial charge in [-0.15, -0.1) is 0 Å². The van der Waals surface area contributed by atoms with Crippen molar-refractivity contribution < 1.29 is 8.42 Å². The monoisotopic (exact) mass is 463 g/mol. The van der Waals surface area contributed by atoms with Crippen molar-refractivity contribution in [1.82, 2.24) is 19.7 Å². The number of rotatable bonds is 4. The van der Waals surface area contributed by atoms with E-state index in [1.807, 2.05) is 0 Å². The van der Waals surface area contributed by atoms with Crippen molar-refractivity contribution in [2.75, 3.05) is 38.1 Å². The standard InChI is InChI=1S/C20H22ClN5O2S2/c1-14-11-15(3-5-17(14)21)30(27,28)16-4-6-18(26-13-22-23-20(26)29)19(12-16)25-9-7-24(2)8-10-25/h3-6,11-13H,7-10H2,1-2H3,(H,23,29). The summed E-state index contributed by atoms with van der Waals surface area (Å²) in [4.78, 5) is 4.89. The summed E-state index contributed by atoms with van der Waals surface area (Å²) >= 11 is 11.4. The molecular formula is C20H22ClN5O2S2. The minimum absolute atomic E-state index is 0.224. The van der Waals surface area contributed by atoms with Crippen molar-refractivity contribution in [3.8, 4) is 5.69 Å². The van der Waals surface area contributed by atoms with Gasteiger partial charge in [0.05, 0.1) is 21.2 Å². The van der Waals surface area contributed by atoms with Gasteiger partial charge in [-0.05, 0) is 68.2 Å². The molecule has 1 saturated heterocycles.